The highest BCUT2D eigenvalue weighted by atomic mass is 19.1. The van der Waals surface area contributed by atoms with Crippen LogP contribution in [-0.2, 0) is 0 Å². The van der Waals surface area contributed by atoms with Crippen molar-refractivity contribution in [3.05, 3.63) is 65.5 Å². The second-order valence-corrected chi connectivity index (χ2v) is 4.51. The monoisotopic (exact) mass is 280 g/mol. The van der Waals surface area contributed by atoms with Crippen LogP contribution in [-0.4, -0.2) is 6.61 Å². The van der Waals surface area contributed by atoms with Crippen LogP contribution in [0.15, 0.2) is 48.5 Å². The van der Waals surface area contributed by atoms with Gasteiger partial charge in [-0.3, -0.25) is 0 Å². The van der Waals surface area contributed by atoms with E-state index in [0.717, 1.165) is 5.56 Å². The highest BCUT2D eigenvalue weighted by molar-refractivity contribution is 5.36. The third kappa shape index (κ3) is 4.06. The van der Waals surface area contributed by atoms with Crippen molar-refractivity contribution in [2.45, 2.75) is 12.3 Å². The predicted octanol–water partition coefficient (Wildman–Crippen LogP) is 3.77. The molecule has 0 aliphatic heterocycles. The zero-order valence-corrected chi connectivity index (χ0v) is 11.3. The summed E-state index contributed by atoms with van der Waals surface area (Å²) < 4.78 is 18.4. The van der Waals surface area contributed by atoms with Crippen molar-refractivity contribution >= 4 is 0 Å². The standard InChI is InChI=1S/C17H13FN2O/c18-16-5-2-6-17(10-16)21-8-7-15(12-20)14-4-1-3-13(9-14)11-19/h1-6,9-10,15H,7-8H2. The van der Waals surface area contributed by atoms with Gasteiger partial charge in [-0.05, 0) is 29.8 Å². The number of hydrogen-bond acceptors (Lipinski definition) is 3. The van der Waals surface area contributed by atoms with Gasteiger partial charge < -0.3 is 4.74 Å². The molecule has 0 heterocycles. The van der Waals surface area contributed by atoms with Gasteiger partial charge in [-0.25, -0.2) is 4.39 Å². The fourth-order valence-electron chi connectivity index (χ4n) is 1.98. The van der Waals surface area contributed by atoms with Crippen LogP contribution in [0.1, 0.15) is 23.5 Å². The van der Waals surface area contributed by atoms with E-state index in [0.29, 0.717) is 24.3 Å². The smallest absolute Gasteiger partial charge is 0.126 e. The van der Waals surface area contributed by atoms with Crippen molar-refractivity contribution in [3.8, 4) is 17.9 Å². The predicted molar refractivity (Wildman–Crippen MR) is 76.0 cm³/mol. The van der Waals surface area contributed by atoms with Crippen LogP contribution in [0.3, 0.4) is 0 Å². The van der Waals surface area contributed by atoms with E-state index in [4.69, 9.17) is 10.00 Å². The molecule has 104 valence electrons. The van der Waals surface area contributed by atoms with Gasteiger partial charge in [0.1, 0.15) is 11.6 Å². The summed E-state index contributed by atoms with van der Waals surface area (Å²) in [6.07, 6.45) is 0.474. The Kier molecular flexibility index (Phi) is 4.90. The molecule has 0 saturated heterocycles. The van der Waals surface area contributed by atoms with Gasteiger partial charge >= 0.3 is 0 Å². The minimum absolute atomic E-state index is 0.304. The number of nitrogens with zero attached hydrogens (tertiary/aromatic N) is 2. The van der Waals surface area contributed by atoms with Crippen LogP contribution in [0.2, 0.25) is 0 Å². The largest absolute Gasteiger partial charge is 0.493 e. The van der Waals surface area contributed by atoms with E-state index in [2.05, 4.69) is 12.1 Å². The van der Waals surface area contributed by atoms with E-state index in [1.54, 1.807) is 30.3 Å². The van der Waals surface area contributed by atoms with Crippen LogP contribution in [0.25, 0.3) is 0 Å². The SMILES string of the molecule is N#Cc1cccc(C(C#N)CCOc2cccc(F)c2)c1. The van der Waals surface area contributed by atoms with Gasteiger partial charge in [-0.1, -0.05) is 18.2 Å². The van der Waals surface area contributed by atoms with Crippen LogP contribution in [0.5, 0.6) is 5.75 Å². The zero-order valence-electron chi connectivity index (χ0n) is 11.3. The van der Waals surface area contributed by atoms with Crippen molar-refractivity contribution in [1.82, 2.24) is 0 Å². The summed E-state index contributed by atoms with van der Waals surface area (Å²) in [6.45, 7) is 0.304. The van der Waals surface area contributed by atoms with Crippen LogP contribution in [0, 0.1) is 28.5 Å². The summed E-state index contributed by atoms with van der Waals surface area (Å²) in [5, 5.41) is 18.1. The summed E-state index contributed by atoms with van der Waals surface area (Å²) in [7, 11) is 0. The van der Waals surface area contributed by atoms with E-state index in [-0.39, 0.29) is 11.7 Å². The molecule has 2 aromatic rings. The Balaban J connectivity index is 1.97. The highest BCUT2D eigenvalue weighted by Crippen LogP contribution is 2.21. The fraction of sp³-hybridized carbons (Fsp3) is 0.176. The summed E-state index contributed by atoms with van der Waals surface area (Å²) in [4.78, 5) is 0. The lowest BCUT2D eigenvalue weighted by Gasteiger charge is -2.11. The minimum Gasteiger partial charge on any atom is -0.493 e. The molecular weight excluding hydrogens is 267 g/mol. The van der Waals surface area contributed by atoms with Gasteiger partial charge in [-0.15, -0.1) is 0 Å². The van der Waals surface area contributed by atoms with E-state index >= 15 is 0 Å². The van der Waals surface area contributed by atoms with Gasteiger partial charge in [0.05, 0.1) is 30.2 Å². The third-order valence-corrected chi connectivity index (χ3v) is 3.05. The molecule has 21 heavy (non-hydrogen) atoms. The lowest BCUT2D eigenvalue weighted by atomic mass is 9.96. The first kappa shape index (κ1) is 14.6. The summed E-state index contributed by atoms with van der Waals surface area (Å²) in [5.41, 5.74) is 1.32. The van der Waals surface area contributed by atoms with Gasteiger partial charge in [0.2, 0.25) is 0 Å². The molecule has 0 bridgehead atoms. The third-order valence-electron chi connectivity index (χ3n) is 3.05. The molecule has 0 aliphatic rings. The number of ether oxygens (including phenoxy) is 1. The van der Waals surface area contributed by atoms with Crippen molar-refractivity contribution in [2.24, 2.45) is 0 Å². The van der Waals surface area contributed by atoms with Gasteiger partial charge in [0.25, 0.3) is 0 Å². The Labute approximate surface area is 122 Å². The average Bonchev–Trinajstić information content (AvgIpc) is 2.52. The number of benzene rings is 2. The number of halogens is 1. The quantitative estimate of drug-likeness (QED) is 0.837. The normalized spacial score (nSPS) is 11.2. The van der Waals surface area contributed by atoms with Crippen LogP contribution in [0.4, 0.5) is 4.39 Å². The molecule has 0 spiro atoms. The van der Waals surface area contributed by atoms with Crippen LogP contribution < -0.4 is 4.74 Å². The lowest BCUT2D eigenvalue weighted by Crippen LogP contribution is -2.05. The molecule has 0 aromatic heterocycles. The van der Waals surface area contributed by atoms with E-state index in [9.17, 15) is 9.65 Å². The van der Waals surface area contributed by atoms with Gasteiger partial charge in [-0.2, -0.15) is 10.5 Å². The zero-order chi connectivity index (χ0) is 15.1. The molecule has 0 N–H and O–H groups in total. The summed E-state index contributed by atoms with van der Waals surface area (Å²) >= 11 is 0. The Bertz CT molecular complexity index is 700. The van der Waals surface area contributed by atoms with E-state index in [1.165, 1.54) is 12.1 Å². The van der Waals surface area contributed by atoms with Crippen molar-refractivity contribution in [1.29, 1.82) is 10.5 Å². The Morgan fingerprint density at radius 2 is 1.90 bits per heavy atom. The Morgan fingerprint density at radius 1 is 1.10 bits per heavy atom. The molecule has 1 unspecified atom stereocenters. The first-order chi connectivity index (χ1) is 10.2. The number of rotatable bonds is 5. The van der Waals surface area contributed by atoms with Crippen molar-refractivity contribution in [2.75, 3.05) is 6.61 Å². The maximum atomic E-state index is 13.0. The molecular formula is C17H13FN2O. The molecule has 0 saturated carbocycles. The number of nitriles is 2. The molecule has 1 atom stereocenters. The maximum Gasteiger partial charge on any atom is 0.126 e. The maximum absolute atomic E-state index is 13.0. The average molecular weight is 280 g/mol. The molecule has 0 amide bonds. The molecule has 4 heteroatoms. The first-order valence-electron chi connectivity index (χ1n) is 6.51. The highest BCUT2D eigenvalue weighted by Gasteiger charge is 2.11. The second-order valence-electron chi connectivity index (χ2n) is 4.51. The topological polar surface area (TPSA) is 56.8 Å². The second kappa shape index (κ2) is 7.07. The molecule has 2 aromatic carbocycles. The first-order valence-corrected chi connectivity index (χ1v) is 6.51. The van der Waals surface area contributed by atoms with Crippen molar-refractivity contribution < 1.29 is 9.13 Å². The molecule has 0 fully saturated rings. The fourth-order valence-corrected chi connectivity index (χ4v) is 1.98. The van der Waals surface area contributed by atoms with Crippen molar-refractivity contribution in [3.63, 3.8) is 0 Å². The summed E-state index contributed by atoms with van der Waals surface area (Å²) in [5.74, 6) is -0.268. The molecule has 3 nitrogen and oxygen atoms in total. The molecule has 0 aliphatic carbocycles. The van der Waals surface area contributed by atoms with Gasteiger partial charge in [0, 0.05) is 12.5 Å². The molecule has 2 rings (SSSR count). The lowest BCUT2D eigenvalue weighted by molar-refractivity contribution is 0.304. The van der Waals surface area contributed by atoms with Gasteiger partial charge in [0.15, 0.2) is 0 Å². The minimum atomic E-state index is -0.356. The Hall–Kier alpha value is -2.85. The number of hydrogen-bond donors (Lipinski definition) is 0. The van der Waals surface area contributed by atoms with Crippen LogP contribution >= 0.6 is 0 Å². The summed E-state index contributed by atoms with van der Waals surface area (Å²) in [6, 6.07) is 17.1. The van der Waals surface area contributed by atoms with E-state index in [1.807, 2.05) is 6.07 Å². The van der Waals surface area contributed by atoms with E-state index < -0.39 is 0 Å². The Morgan fingerprint density at radius 3 is 2.62 bits per heavy atom. The molecule has 0 radical (unpaired) electrons.